The molecule has 0 aliphatic heterocycles. The molecule has 0 unspecified atom stereocenters. The van der Waals surface area contributed by atoms with Gasteiger partial charge in [-0.2, -0.15) is 0 Å². The van der Waals surface area contributed by atoms with Gasteiger partial charge in [0.1, 0.15) is 0 Å². The van der Waals surface area contributed by atoms with Gasteiger partial charge in [-0.3, -0.25) is 0 Å². The Balaban J connectivity index is 1.92. The van der Waals surface area contributed by atoms with Crippen molar-refractivity contribution in [2.45, 2.75) is 0 Å². The normalized spacial score (nSPS) is 11.0. The molecule has 0 saturated heterocycles. The van der Waals surface area contributed by atoms with Crippen molar-refractivity contribution in [2.75, 3.05) is 28.4 Å². The van der Waals surface area contributed by atoms with Gasteiger partial charge < -0.3 is 18.9 Å². The zero-order chi connectivity index (χ0) is 22.5. The van der Waals surface area contributed by atoms with Crippen molar-refractivity contribution in [3.63, 3.8) is 0 Å². The maximum absolute atomic E-state index is 6.36. The van der Waals surface area contributed by atoms with Gasteiger partial charge in [0.15, 0.2) is 23.0 Å². The standard InChI is InChI=1S/C27H25O5/c1-28-23-13-11-19(14-25(23)29-2)24-15-20-16-26(30-3)27(31-4)17-21(20)22(32-24)12-10-18-8-6-5-7-9-18/h5-17H,1-4H3/q+1/b12-10+. The molecule has 0 spiro atoms. The molecule has 4 aromatic rings. The number of hydrogen-bond donors (Lipinski definition) is 0. The second-order valence-corrected chi connectivity index (χ2v) is 7.08. The first kappa shape index (κ1) is 21.2. The fourth-order valence-electron chi connectivity index (χ4n) is 3.56. The van der Waals surface area contributed by atoms with E-state index in [1.807, 2.05) is 78.9 Å². The minimum Gasteiger partial charge on any atom is -0.493 e. The molecule has 0 aliphatic carbocycles. The molecule has 0 N–H and O–H groups in total. The first-order chi connectivity index (χ1) is 15.7. The second kappa shape index (κ2) is 9.43. The molecule has 0 aliphatic rings. The molecule has 0 radical (unpaired) electrons. The minimum absolute atomic E-state index is 0.633. The van der Waals surface area contributed by atoms with Crippen LogP contribution in [-0.2, 0) is 0 Å². The Morgan fingerprint density at radius 1 is 0.625 bits per heavy atom. The molecule has 5 heteroatoms. The molecule has 0 bridgehead atoms. The Morgan fingerprint density at radius 2 is 1.28 bits per heavy atom. The molecule has 32 heavy (non-hydrogen) atoms. The van der Waals surface area contributed by atoms with E-state index in [4.69, 9.17) is 23.4 Å². The van der Waals surface area contributed by atoms with Crippen LogP contribution < -0.4 is 18.9 Å². The summed E-state index contributed by atoms with van der Waals surface area (Å²) in [6.07, 6.45) is 3.99. The summed E-state index contributed by atoms with van der Waals surface area (Å²) >= 11 is 0. The van der Waals surface area contributed by atoms with Gasteiger partial charge in [-0.15, -0.1) is 0 Å². The zero-order valence-corrected chi connectivity index (χ0v) is 18.5. The summed E-state index contributed by atoms with van der Waals surface area (Å²) in [6.45, 7) is 0. The van der Waals surface area contributed by atoms with Crippen LogP contribution in [-0.4, -0.2) is 28.4 Å². The highest BCUT2D eigenvalue weighted by Crippen LogP contribution is 2.38. The lowest BCUT2D eigenvalue weighted by Crippen LogP contribution is -1.93. The van der Waals surface area contributed by atoms with Crippen molar-refractivity contribution in [3.8, 4) is 34.3 Å². The van der Waals surface area contributed by atoms with Gasteiger partial charge in [-0.05, 0) is 29.8 Å². The van der Waals surface area contributed by atoms with Gasteiger partial charge in [0.2, 0.25) is 0 Å². The van der Waals surface area contributed by atoms with E-state index in [9.17, 15) is 0 Å². The quantitative estimate of drug-likeness (QED) is 0.310. The predicted molar refractivity (Wildman–Crippen MR) is 128 cm³/mol. The molecule has 0 atom stereocenters. The third-order valence-corrected chi connectivity index (χ3v) is 5.22. The lowest BCUT2D eigenvalue weighted by atomic mass is 10.0. The number of methoxy groups -OCH3 is 4. The van der Waals surface area contributed by atoms with Crippen molar-refractivity contribution in [1.82, 2.24) is 0 Å². The van der Waals surface area contributed by atoms with Gasteiger partial charge in [0.05, 0.1) is 45.5 Å². The number of ether oxygens (including phenoxy) is 4. The Morgan fingerprint density at radius 3 is 1.97 bits per heavy atom. The minimum atomic E-state index is 0.633. The fraction of sp³-hybridized carbons (Fsp3) is 0.148. The Labute approximate surface area is 187 Å². The van der Waals surface area contributed by atoms with Crippen LogP contribution in [0.4, 0.5) is 0 Å². The molecule has 5 nitrogen and oxygen atoms in total. The van der Waals surface area contributed by atoms with Gasteiger partial charge in [0.25, 0.3) is 0 Å². The summed E-state index contributed by atoms with van der Waals surface area (Å²) < 4.78 is 28.2. The van der Waals surface area contributed by atoms with Gasteiger partial charge >= 0.3 is 11.5 Å². The van der Waals surface area contributed by atoms with Gasteiger partial charge in [-0.25, -0.2) is 4.42 Å². The largest absolute Gasteiger partial charge is 0.493 e. The average Bonchev–Trinajstić information content (AvgIpc) is 2.86. The van der Waals surface area contributed by atoms with Crippen molar-refractivity contribution in [2.24, 2.45) is 0 Å². The van der Waals surface area contributed by atoms with E-state index in [0.29, 0.717) is 34.5 Å². The van der Waals surface area contributed by atoms with Crippen LogP contribution in [0.15, 0.2) is 71.1 Å². The van der Waals surface area contributed by atoms with E-state index in [1.165, 1.54) is 0 Å². The van der Waals surface area contributed by atoms with E-state index in [-0.39, 0.29) is 0 Å². The molecule has 3 aromatic carbocycles. The van der Waals surface area contributed by atoms with E-state index in [2.05, 4.69) is 0 Å². The van der Waals surface area contributed by atoms with Crippen LogP contribution in [0.1, 0.15) is 11.3 Å². The van der Waals surface area contributed by atoms with Crippen LogP contribution in [0.2, 0.25) is 0 Å². The maximum Gasteiger partial charge on any atom is 0.361 e. The topological polar surface area (TPSA) is 48.2 Å². The first-order valence-corrected chi connectivity index (χ1v) is 10.1. The van der Waals surface area contributed by atoms with E-state index in [1.54, 1.807) is 28.4 Å². The van der Waals surface area contributed by atoms with Crippen LogP contribution in [0, 0.1) is 0 Å². The van der Waals surface area contributed by atoms with Gasteiger partial charge in [-0.1, -0.05) is 30.3 Å². The zero-order valence-electron chi connectivity index (χ0n) is 18.5. The van der Waals surface area contributed by atoms with Crippen molar-refractivity contribution >= 4 is 22.9 Å². The highest BCUT2D eigenvalue weighted by atomic mass is 16.5. The fourth-order valence-corrected chi connectivity index (χ4v) is 3.56. The maximum atomic E-state index is 6.36. The molecular weight excluding hydrogens is 404 g/mol. The van der Waals surface area contributed by atoms with E-state index >= 15 is 0 Å². The van der Waals surface area contributed by atoms with Crippen LogP contribution in [0.5, 0.6) is 23.0 Å². The van der Waals surface area contributed by atoms with Crippen LogP contribution >= 0.6 is 0 Å². The lowest BCUT2D eigenvalue weighted by molar-refractivity contribution is 0.355. The smallest absolute Gasteiger partial charge is 0.361 e. The van der Waals surface area contributed by atoms with E-state index < -0.39 is 0 Å². The summed E-state index contributed by atoms with van der Waals surface area (Å²) in [5, 5.41) is 1.88. The molecule has 0 fully saturated rings. The molecular formula is C27H25O5+. The number of benzene rings is 3. The molecule has 1 heterocycles. The summed E-state index contributed by atoms with van der Waals surface area (Å²) in [7, 11) is 6.48. The summed E-state index contributed by atoms with van der Waals surface area (Å²) in [6, 6.07) is 21.7. The SMILES string of the molecule is COc1ccc(-c2cc3cc(OC)c(OC)cc3c(/C=C/c3ccccc3)[o+]2)cc1OC. The number of hydrogen-bond acceptors (Lipinski definition) is 4. The van der Waals surface area contributed by atoms with Crippen molar-refractivity contribution in [1.29, 1.82) is 0 Å². The summed E-state index contributed by atoms with van der Waals surface area (Å²) in [5.74, 6) is 3.99. The molecule has 162 valence electrons. The molecule has 4 rings (SSSR count). The second-order valence-electron chi connectivity index (χ2n) is 7.08. The molecule has 0 amide bonds. The molecule has 0 saturated carbocycles. The predicted octanol–water partition coefficient (Wildman–Crippen LogP) is 6.59. The number of rotatable bonds is 7. The Bertz CT molecular complexity index is 1260. The van der Waals surface area contributed by atoms with E-state index in [0.717, 1.165) is 21.9 Å². The third kappa shape index (κ3) is 4.23. The highest BCUT2D eigenvalue weighted by molar-refractivity contribution is 5.94. The first-order valence-electron chi connectivity index (χ1n) is 10.1. The van der Waals surface area contributed by atoms with Crippen molar-refractivity contribution in [3.05, 3.63) is 78.1 Å². The molecule has 1 aromatic heterocycles. The van der Waals surface area contributed by atoms with Crippen molar-refractivity contribution < 1.29 is 23.4 Å². The Hall–Kier alpha value is -3.99. The third-order valence-electron chi connectivity index (χ3n) is 5.22. The Kier molecular flexibility index (Phi) is 6.26. The van der Waals surface area contributed by atoms with Crippen LogP contribution in [0.25, 0.3) is 34.2 Å². The van der Waals surface area contributed by atoms with Crippen LogP contribution in [0.3, 0.4) is 0 Å². The monoisotopic (exact) mass is 429 g/mol. The summed E-state index contributed by atoms with van der Waals surface area (Å²) in [4.78, 5) is 0. The highest BCUT2D eigenvalue weighted by Gasteiger charge is 2.22. The lowest BCUT2D eigenvalue weighted by Gasteiger charge is -2.09. The van der Waals surface area contributed by atoms with Gasteiger partial charge in [0, 0.05) is 23.6 Å². The number of fused-ring (bicyclic) bond motifs is 1. The average molecular weight is 429 g/mol. The summed E-state index contributed by atoms with van der Waals surface area (Å²) in [5.41, 5.74) is 1.95.